The Morgan fingerprint density at radius 3 is 2.68 bits per heavy atom. The van der Waals surface area contributed by atoms with Crippen LogP contribution < -0.4 is 10.6 Å². The number of anilines is 1. The summed E-state index contributed by atoms with van der Waals surface area (Å²) in [6.45, 7) is 4.32. The van der Waals surface area contributed by atoms with Crippen molar-refractivity contribution >= 4 is 16.6 Å². The van der Waals surface area contributed by atoms with Crippen LogP contribution in [0, 0.1) is 5.92 Å². The van der Waals surface area contributed by atoms with Crippen molar-refractivity contribution < 1.29 is 0 Å². The second kappa shape index (κ2) is 5.17. The van der Waals surface area contributed by atoms with Gasteiger partial charge in [0.2, 0.25) is 0 Å². The van der Waals surface area contributed by atoms with Crippen molar-refractivity contribution in [2.24, 2.45) is 11.7 Å². The van der Waals surface area contributed by atoms with Crippen LogP contribution in [0.5, 0.6) is 0 Å². The summed E-state index contributed by atoms with van der Waals surface area (Å²) in [7, 11) is 0. The summed E-state index contributed by atoms with van der Waals surface area (Å²) >= 11 is 0. The number of para-hydroxylation sites is 1. The van der Waals surface area contributed by atoms with Gasteiger partial charge in [-0.2, -0.15) is 0 Å². The SMILES string of the molecule is CC(N)C1CCN(c2ccnc3ccccc23)CC1. The van der Waals surface area contributed by atoms with Gasteiger partial charge in [-0.3, -0.25) is 4.98 Å². The summed E-state index contributed by atoms with van der Waals surface area (Å²) < 4.78 is 0. The first-order valence-electron chi connectivity index (χ1n) is 7.10. The van der Waals surface area contributed by atoms with Crippen LogP contribution in [0.4, 0.5) is 5.69 Å². The molecule has 1 atom stereocenters. The molecule has 1 unspecified atom stereocenters. The van der Waals surface area contributed by atoms with E-state index in [9.17, 15) is 0 Å². The third-order valence-electron chi connectivity index (χ3n) is 4.25. The lowest BCUT2D eigenvalue weighted by Gasteiger charge is -2.35. The summed E-state index contributed by atoms with van der Waals surface area (Å²) in [5.74, 6) is 0.671. The standard InChI is InChI=1S/C16H21N3/c1-12(17)13-7-10-19(11-8-13)16-6-9-18-15-5-3-2-4-14(15)16/h2-6,9,12-13H,7-8,10-11,17H2,1H3. The van der Waals surface area contributed by atoms with Crippen molar-refractivity contribution in [3.63, 3.8) is 0 Å². The van der Waals surface area contributed by atoms with Gasteiger partial charge in [-0.25, -0.2) is 0 Å². The number of nitrogens with two attached hydrogens (primary N) is 1. The molecule has 2 heterocycles. The Morgan fingerprint density at radius 2 is 1.95 bits per heavy atom. The fourth-order valence-corrected chi connectivity index (χ4v) is 3.02. The number of rotatable bonds is 2. The van der Waals surface area contributed by atoms with E-state index >= 15 is 0 Å². The van der Waals surface area contributed by atoms with E-state index in [1.807, 2.05) is 12.3 Å². The van der Waals surface area contributed by atoms with Crippen molar-refractivity contribution in [1.29, 1.82) is 0 Å². The highest BCUT2D eigenvalue weighted by Gasteiger charge is 2.22. The first-order chi connectivity index (χ1) is 9.25. The molecule has 2 N–H and O–H groups in total. The van der Waals surface area contributed by atoms with Crippen molar-refractivity contribution in [3.8, 4) is 0 Å². The Morgan fingerprint density at radius 1 is 1.21 bits per heavy atom. The van der Waals surface area contributed by atoms with E-state index in [-0.39, 0.29) is 0 Å². The minimum Gasteiger partial charge on any atom is -0.371 e. The topological polar surface area (TPSA) is 42.1 Å². The maximum atomic E-state index is 6.01. The zero-order valence-corrected chi connectivity index (χ0v) is 11.4. The van der Waals surface area contributed by atoms with Gasteiger partial charge >= 0.3 is 0 Å². The molecule has 1 aliphatic rings. The summed E-state index contributed by atoms with van der Waals surface area (Å²) in [5.41, 5.74) is 8.40. The van der Waals surface area contributed by atoms with Gasteiger partial charge in [-0.05, 0) is 37.8 Å². The van der Waals surface area contributed by atoms with Crippen molar-refractivity contribution in [3.05, 3.63) is 36.5 Å². The van der Waals surface area contributed by atoms with Gasteiger partial charge in [0.1, 0.15) is 0 Å². The van der Waals surface area contributed by atoms with Crippen LogP contribution in [0.3, 0.4) is 0 Å². The molecule has 100 valence electrons. The monoisotopic (exact) mass is 255 g/mol. The Balaban J connectivity index is 1.86. The Bertz CT molecular complexity index is 551. The van der Waals surface area contributed by atoms with Gasteiger partial charge in [-0.15, -0.1) is 0 Å². The molecule has 0 amide bonds. The highest BCUT2D eigenvalue weighted by Crippen LogP contribution is 2.29. The molecule has 0 spiro atoms. The first-order valence-corrected chi connectivity index (χ1v) is 7.10. The molecule has 1 saturated heterocycles. The molecule has 3 nitrogen and oxygen atoms in total. The molecule has 1 aliphatic heterocycles. The molecule has 1 aromatic heterocycles. The molecule has 0 bridgehead atoms. The van der Waals surface area contributed by atoms with Gasteiger partial charge in [0, 0.05) is 36.4 Å². The fourth-order valence-electron chi connectivity index (χ4n) is 3.02. The number of benzene rings is 1. The number of aromatic nitrogens is 1. The molecule has 3 rings (SSSR count). The van der Waals surface area contributed by atoms with E-state index in [4.69, 9.17) is 5.73 Å². The van der Waals surface area contributed by atoms with E-state index in [0.29, 0.717) is 12.0 Å². The van der Waals surface area contributed by atoms with Crippen LogP contribution in [-0.4, -0.2) is 24.1 Å². The van der Waals surface area contributed by atoms with E-state index in [1.165, 1.54) is 23.9 Å². The maximum absolute atomic E-state index is 6.01. The van der Waals surface area contributed by atoms with Crippen LogP contribution in [0.15, 0.2) is 36.5 Å². The second-order valence-corrected chi connectivity index (χ2v) is 5.53. The van der Waals surface area contributed by atoms with Crippen LogP contribution in [-0.2, 0) is 0 Å². The van der Waals surface area contributed by atoms with Gasteiger partial charge in [0.05, 0.1) is 5.52 Å². The summed E-state index contributed by atoms with van der Waals surface area (Å²) in [4.78, 5) is 6.91. The molecular weight excluding hydrogens is 234 g/mol. The number of piperidine rings is 1. The van der Waals surface area contributed by atoms with Crippen LogP contribution in [0.2, 0.25) is 0 Å². The average molecular weight is 255 g/mol. The minimum atomic E-state index is 0.316. The summed E-state index contributed by atoms with van der Waals surface area (Å²) in [6, 6.07) is 10.8. The number of hydrogen-bond acceptors (Lipinski definition) is 3. The summed E-state index contributed by atoms with van der Waals surface area (Å²) in [5, 5.41) is 1.25. The lowest BCUT2D eigenvalue weighted by molar-refractivity contribution is 0.355. The van der Waals surface area contributed by atoms with E-state index < -0.39 is 0 Å². The van der Waals surface area contributed by atoms with Gasteiger partial charge in [0.25, 0.3) is 0 Å². The van der Waals surface area contributed by atoms with Gasteiger partial charge in [0.15, 0.2) is 0 Å². The van der Waals surface area contributed by atoms with Gasteiger partial charge in [-0.1, -0.05) is 18.2 Å². The zero-order chi connectivity index (χ0) is 13.2. The van der Waals surface area contributed by atoms with Crippen molar-refractivity contribution in [2.45, 2.75) is 25.8 Å². The quantitative estimate of drug-likeness (QED) is 0.897. The van der Waals surface area contributed by atoms with Crippen LogP contribution in [0.1, 0.15) is 19.8 Å². The molecule has 3 heteroatoms. The zero-order valence-electron chi connectivity index (χ0n) is 11.4. The predicted molar refractivity (Wildman–Crippen MR) is 80.3 cm³/mol. The normalized spacial score (nSPS) is 18.7. The first kappa shape index (κ1) is 12.4. The predicted octanol–water partition coefficient (Wildman–Crippen LogP) is 2.80. The molecule has 19 heavy (non-hydrogen) atoms. The van der Waals surface area contributed by atoms with E-state index in [2.05, 4.69) is 41.1 Å². The highest BCUT2D eigenvalue weighted by molar-refractivity contribution is 5.91. The fraction of sp³-hybridized carbons (Fsp3) is 0.438. The van der Waals surface area contributed by atoms with E-state index in [1.54, 1.807) is 0 Å². The van der Waals surface area contributed by atoms with Crippen LogP contribution >= 0.6 is 0 Å². The number of pyridine rings is 1. The van der Waals surface area contributed by atoms with Crippen molar-refractivity contribution in [2.75, 3.05) is 18.0 Å². The summed E-state index contributed by atoms with van der Waals surface area (Å²) in [6.07, 6.45) is 4.29. The Kier molecular flexibility index (Phi) is 3.38. The second-order valence-electron chi connectivity index (χ2n) is 5.53. The molecular formula is C16H21N3. The third kappa shape index (κ3) is 2.43. The lowest BCUT2D eigenvalue weighted by Crippen LogP contribution is -2.39. The minimum absolute atomic E-state index is 0.316. The molecule has 0 aliphatic carbocycles. The Hall–Kier alpha value is -1.61. The smallest absolute Gasteiger partial charge is 0.0722 e. The van der Waals surface area contributed by atoms with Crippen molar-refractivity contribution in [1.82, 2.24) is 4.98 Å². The average Bonchev–Trinajstić information content (AvgIpc) is 2.47. The molecule has 0 radical (unpaired) electrons. The molecule has 2 aromatic rings. The molecule has 1 fully saturated rings. The van der Waals surface area contributed by atoms with E-state index in [0.717, 1.165) is 18.6 Å². The lowest BCUT2D eigenvalue weighted by atomic mass is 9.90. The number of fused-ring (bicyclic) bond motifs is 1. The van der Waals surface area contributed by atoms with Crippen LogP contribution in [0.25, 0.3) is 10.9 Å². The highest BCUT2D eigenvalue weighted by atomic mass is 15.1. The third-order valence-corrected chi connectivity index (χ3v) is 4.25. The largest absolute Gasteiger partial charge is 0.371 e. The van der Waals surface area contributed by atoms with Gasteiger partial charge < -0.3 is 10.6 Å². The maximum Gasteiger partial charge on any atom is 0.0722 e. The number of nitrogens with zero attached hydrogens (tertiary/aromatic N) is 2. The Labute approximate surface area is 114 Å². The molecule has 0 saturated carbocycles. The number of hydrogen-bond donors (Lipinski definition) is 1. The molecule has 1 aromatic carbocycles.